The van der Waals surface area contributed by atoms with Gasteiger partial charge in [0, 0.05) is 56.7 Å². The molecular weight excluding hydrogens is 298 g/mol. The number of thioether (sulfide) groups is 1. The monoisotopic (exact) mass is 321 g/mol. The smallest absolute Gasteiger partial charge is 0.221 e. The average Bonchev–Trinajstić information content (AvgIpc) is 2.38. The highest BCUT2D eigenvalue weighted by Gasteiger charge is 2.25. The van der Waals surface area contributed by atoms with Crippen LogP contribution in [0.2, 0.25) is 0 Å². The molecule has 2 saturated heterocycles. The molecule has 0 saturated carbocycles. The molecule has 116 valence electrons. The molecule has 1 unspecified atom stereocenters. The van der Waals surface area contributed by atoms with Crippen molar-refractivity contribution in [1.82, 2.24) is 15.5 Å². The summed E-state index contributed by atoms with van der Waals surface area (Å²) in [5.41, 5.74) is 0. The molecule has 2 fully saturated rings. The molecule has 8 heteroatoms. The second-order valence-corrected chi connectivity index (χ2v) is 8.73. The Balaban J connectivity index is 1.62. The van der Waals surface area contributed by atoms with Gasteiger partial charge in [-0.25, -0.2) is 8.42 Å². The number of hydrogen-bond donors (Lipinski definition) is 2. The number of rotatable bonds is 5. The quantitative estimate of drug-likeness (QED) is 0.671. The van der Waals surface area contributed by atoms with Crippen LogP contribution in [-0.2, 0) is 14.6 Å². The van der Waals surface area contributed by atoms with E-state index < -0.39 is 9.84 Å². The lowest BCUT2D eigenvalue weighted by molar-refractivity contribution is -0.121. The summed E-state index contributed by atoms with van der Waals surface area (Å²) in [5, 5.41) is 5.97. The molecule has 0 spiro atoms. The molecule has 2 N–H and O–H groups in total. The summed E-state index contributed by atoms with van der Waals surface area (Å²) in [6.07, 6.45) is 0.245. The van der Waals surface area contributed by atoms with Gasteiger partial charge in [-0.15, -0.1) is 0 Å². The van der Waals surface area contributed by atoms with E-state index in [0.29, 0.717) is 13.1 Å². The molecule has 1 amide bonds. The third-order valence-corrected chi connectivity index (χ3v) is 6.27. The number of sulfone groups is 1. The summed E-state index contributed by atoms with van der Waals surface area (Å²) in [6, 6.07) is -0.236. The van der Waals surface area contributed by atoms with Gasteiger partial charge < -0.3 is 10.6 Å². The largest absolute Gasteiger partial charge is 0.355 e. The fourth-order valence-electron chi connectivity index (χ4n) is 2.47. The minimum Gasteiger partial charge on any atom is -0.355 e. The lowest BCUT2D eigenvalue weighted by Gasteiger charge is -2.26. The topological polar surface area (TPSA) is 78.5 Å². The van der Waals surface area contributed by atoms with Gasteiger partial charge >= 0.3 is 0 Å². The first-order chi connectivity index (χ1) is 9.55. The Kier molecular flexibility index (Phi) is 6.13. The van der Waals surface area contributed by atoms with Gasteiger partial charge in [-0.1, -0.05) is 0 Å². The zero-order chi connectivity index (χ0) is 14.4. The average molecular weight is 321 g/mol. The van der Waals surface area contributed by atoms with Crippen LogP contribution in [0.25, 0.3) is 0 Å². The van der Waals surface area contributed by atoms with Gasteiger partial charge in [0.15, 0.2) is 9.84 Å². The molecule has 0 aromatic heterocycles. The Hall–Kier alpha value is -0.310. The van der Waals surface area contributed by atoms with Crippen LogP contribution >= 0.6 is 11.8 Å². The van der Waals surface area contributed by atoms with Gasteiger partial charge in [0.25, 0.3) is 0 Å². The Bertz CT molecular complexity index is 422. The second kappa shape index (κ2) is 7.63. The van der Waals surface area contributed by atoms with Crippen LogP contribution in [0, 0.1) is 0 Å². The fourth-order valence-corrected chi connectivity index (χ4v) is 4.90. The molecule has 2 rings (SSSR count). The molecule has 0 aromatic rings. The van der Waals surface area contributed by atoms with Crippen molar-refractivity contribution < 1.29 is 13.2 Å². The zero-order valence-corrected chi connectivity index (χ0v) is 13.3. The molecule has 6 nitrogen and oxygen atoms in total. The van der Waals surface area contributed by atoms with E-state index in [1.165, 1.54) is 0 Å². The number of nitrogens with zero attached hydrogens (tertiary/aromatic N) is 1. The molecular formula is C12H23N3O3S2. The van der Waals surface area contributed by atoms with Crippen LogP contribution in [0.15, 0.2) is 0 Å². The van der Waals surface area contributed by atoms with Crippen molar-refractivity contribution in [2.24, 2.45) is 0 Å². The van der Waals surface area contributed by atoms with E-state index in [1.54, 1.807) is 0 Å². The highest BCUT2D eigenvalue weighted by atomic mass is 32.2. The minimum absolute atomic E-state index is 0.0639. The second-order valence-electron chi connectivity index (χ2n) is 5.27. The molecule has 0 bridgehead atoms. The molecule has 2 heterocycles. The molecule has 0 aliphatic carbocycles. The van der Waals surface area contributed by atoms with Gasteiger partial charge in [0.05, 0.1) is 11.5 Å². The minimum atomic E-state index is -2.97. The van der Waals surface area contributed by atoms with Crippen LogP contribution in [0.4, 0.5) is 0 Å². The van der Waals surface area contributed by atoms with Gasteiger partial charge in [0.1, 0.15) is 0 Å². The van der Waals surface area contributed by atoms with Gasteiger partial charge in [-0.05, 0) is 0 Å². The maximum absolute atomic E-state index is 11.8. The van der Waals surface area contributed by atoms with Crippen molar-refractivity contribution in [1.29, 1.82) is 0 Å². The molecule has 2 aliphatic heterocycles. The van der Waals surface area contributed by atoms with Crippen LogP contribution in [0.3, 0.4) is 0 Å². The normalized spacial score (nSPS) is 27.1. The van der Waals surface area contributed by atoms with Crippen LogP contribution in [0.5, 0.6) is 0 Å². The van der Waals surface area contributed by atoms with Crippen molar-refractivity contribution in [2.75, 3.05) is 55.7 Å². The predicted molar refractivity (Wildman–Crippen MR) is 81.8 cm³/mol. The van der Waals surface area contributed by atoms with Crippen molar-refractivity contribution in [3.8, 4) is 0 Å². The highest BCUT2D eigenvalue weighted by Crippen LogP contribution is 2.08. The third kappa shape index (κ3) is 5.59. The Labute approximate surface area is 125 Å². The number of amides is 1. The number of nitrogens with one attached hydrogen (secondary N) is 2. The zero-order valence-electron chi connectivity index (χ0n) is 11.6. The van der Waals surface area contributed by atoms with E-state index in [2.05, 4.69) is 15.5 Å². The van der Waals surface area contributed by atoms with Crippen LogP contribution in [0.1, 0.15) is 6.42 Å². The lowest BCUT2D eigenvalue weighted by Crippen LogP contribution is -2.48. The number of carbonyl (C=O) groups is 1. The van der Waals surface area contributed by atoms with E-state index in [0.717, 1.165) is 31.1 Å². The summed E-state index contributed by atoms with van der Waals surface area (Å²) >= 11 is 1.97. The maximum atomic E-state index is 11.8. The van der Waals surface area contributed by atoms with Crippen molar-refractivity contribution in [3.63, 3.8) is 0 Å². The van der Waals surface area contributed by atoms with Gasteiger partial charge in [-0.2, -0.15) is 11.8 Å². The molecule has 0 radical (unpaired) electrons. The standard InChI is InChI=1S/C12H23N3O3S2/c16-12(9-11-10-20(17,18)8-2-13-11)14-1-3-15-4-6-19-7-5-15/h11,13H,1-10H2,(H,14,16). The van der Waals surface area contributed by atoms with Crippen LogP contribution < -0.4 is 10.6 Å². The predicted octanol–water partition coefficient (Wildman–Crippen LogP) is -1.07. The lowest BCUT2D eigenvalue weighted by atomic mass is 10.2. The van der Waals surface area contributed by atoms with Gasteiger partial charge in [-0.3, -0.25) is 9.69 Å². The molecule has 1 atom stereocenters. The Morgan fingerprint density at radius 2 is 2.10 bits per heavy atom. The molecule has 2 aliphatic rings. The van der Waals surface area contributed by atoms with E-state index in [9.17, 15) is 13.2 Å². The number of hydrogen-bond acceptors (Lipinski definition) is 6. The van der Waals surface area contributed by atoms with Crippen molar-refractivity contribution >= 4 is 27.5 Å². The van der Waals surface area contributed by atoms with E-state index in [4.69, 9.17) is 0 Å². The summed E-state index contributed by atoms with van der Waals surface area (Å²) in [4.78, 5) is 14.1. The van der Waals surface area contributed by atoms with Gasteiger partial charge in [0.2, 0.25) is 5.91 Å². The fraction of sp³-hybridized carbons (Fsp3) is 0.917. The van der Waals surface area contributed by atoms with E-state index in [-0.39, 0.29) is 29.9 Å². The number of carbonyl (C=O) groups excluding carboxylic acids is 1. The summed E-state index contributed by atoms with van der Waals surface area (Å²) in [5.74, 6) is 2.52. The Morgan fingerprint density at radius 1 is 1.35 bits per heavy atom. The van der Waals surface area contributed by atoms with Crippen molar-refractivity contribution in [2.45, 2.75) is 12.5 Å². The summed E-state index contributed by atoms with van der Waals surface area (Å²) < 4.78 is 23.0. The first kappa shape index (κ1) is 16.1. The maximum Gasteiger partial charge on any atom is 0.221 e. The third-order valence-electron chi connectivity index (χ3n) is 3.59. The summed E-state index contributed by atoms with van der Waals surface area (Å²) in [7, 11) is -2.97. The van der Waals surface area contributed by atoms with E-state index in [1.807, 2.05) is 11.8 Å². The SMILES string of the molecule is O=C(CC1CS(=O)(=O)CCN1)NCCN1CCSCC1. The first-order valence-corrected chi connectivity index (χ1v) is 10.0. The van der Waals surface area contributed by atoms with Crippen molar-refractivity contribution in [3.05, 3.63) is 0 Å². The van der Waals surface area contributed by atoms with Crippen LogP contribution in [-0.4, -0.2) is 81.0 Å². The molecule has 0 aromatic carbocycles. The molecule has 20 heavy (non-hydrogen) atoms. The Morgan fingerprint density at radius 3 is 2.80 bits per heavy atom. The highest BCUT2D eigenvalue weighted by molar-refractivity contribution is 7.99. The van der Waals surface area contributed by atoms with E-state index >= 15 is 0 Å². The first-order valence-electron chi connectivity index (χ1n) is 7.06. The summed E-state index contributed by atoms with van der Waals surface area (Å²) in [6.45, 7) is 4.14.